The van der Waals surface area contributed by atoms with Crippen LogP contribution in [0.1, 0.15) is 43.9 Å². The molecule has 6 nitrogen and oxygen atoms in total. The molecule has 1 heterocycles. The smallest absolute Gasteiger partial charge is 0.335 e. The van der Waals surface area contributed by atoms with Crippen molar-refractivity contribution >= 4 is 16.1 Å². The summed E-state index contributed by atoms with van der Waals surface area (Å²) in [5.41, 5.74) is -0.792. The molecule has 0 bridgehead atoms. The Morgan fingerprint density at radius 3 is 2.41 bits per heavy atom. The summed E-state index contributed by atoms with van der Waals surface area (Å²) in [6, 6.07) is 3.48. The van der Waals surface area contributed by atoms with Gasteiger partial charge in [0.15, 0.2) is 0 Å². The molecule has 1 aliphatic heterocycles. The summed E-state index contributed by atoms with van der Waals surface area (Å²) in [5.74, 6) is 0.0295. The van der Waals surface area contributed by atoms with E-state index in [0.717, 1.165) is 6.07 Å². The molecule has 1 saturated heterocycles. The predicted octanol–water partition coefficient (Wildman–Crippen LogP) is 2.88. The number of hydrogen-bond acceptors (Lipinski definition) is 3. The third-order valence-corrected chi connectivity index (χ3v) is 6.51. The van der Waals surface area contributed by atoms with Gasteiger partial charge in [0.05, 0.1) is 17.4 Å². The molecule has 0 saturated carbocycles. The molecular formula is C17H24F3N3O3S. The van der Waals surface area contributed by atoms with Gasteiger partial charge in [-0.3, -0.25) is 0 Å². The first kappa shape index (κ1) is 21.5. The Morgan fingerprint density at radius 1 is 1.26 bits per heavy atom. The van der Waals surface area contributed by atoms with Crippen LogP contribution in [-0.4, -0.2) is 43.6 Å². The molecule has 1 atom stereocenters. The molecule has 1 aliphatic rings. The molecule has 1 unspecified atom stereocenters. The van der Waals surface area contributed by atoms with Crippen molar-refractivity contribution in [2.24, 2.45) is 0 Å². The number of carbonyl (C=O) groups is 1. The first-order valence-electron chi connectivity index (χ1n) is 8.75. The molecule has 2 rings (SSSR count). The number of piperidine rings is 1. The highest BCUT2D eigenvalue weighted by Crippen LogP contribution is 2.34. The van der Waals surface area contributed by atoms with Gasteiger partial charge in [-0.15, -0.1) is 0 Å². The molecule has 2 amide bonds. The number of alkyl halides is 3. The van der Waals surface area contributed by atoms with Crippen molar-refractivity contribution < 1.29 is 26.4 Å². The Morgan fingerprint density at radius 2 is 1.85 bits per heavy atom. The summed E-state index contributed by atoms with van der Waals surface area (Å²) in [6.07, 6.45) is -3.58. The number of urea groups is 1. The largest absolute Gasteiger partial charge is 0.416 e. The molecule has 0 aliphatic carbocycles. The number of hydrogen-bond donors (Lipinski definition) is 2. The number of rotatable bonds is 5. The molecule has 27 heavy (non-hydrogen) atoms. The zero-order chi connectivity index (χ0) is 20.2. The average Bonchev–Trinajstić information content (AvgIpc) is 2.61. The molecular weight excluding hydrogens is 383 g/mol. The summed E-state index contributed by atoms with van der Waals surface area (Å²) >= 11 is 0. The van der Waals surface area contributed by atoms with Gasteiger partial charge in [-0.05, 0) is 38.3 Å². The Hall–Kier alpha value is -1.81. The molecule has 0 radical (unpaired) electrons. The standard InChI is InChI=1S/C17H24F3N3O3S/c1-3-27(25,26)23-10-8-13(9-11-23)22-16(24)21-12(2)14-6-4-5-7-15(14)17(18,19)20/h4-7,12-13H,3,8-11H2,1-2H3,(H2,21,22,24). The lowest BCUT2D eigenvalue weighted by atomic mass is 10.0. The number of sulfonamides is 1. The van der Waals surface area contributed by atoms with Crippen LogP contribution in [0, 0.1) is 0 Å². The van der Waals surface area contributed by atoms with Crippen molar-refractivity contribution in [3.05, 3.63) is 35.4 Å². The fraction of sp³-hybridized carbons (Fsp3) is 0.588. The molecule has 1 aromatic carbocycles. The number of nitrogens with zero attached hydrogens (tertiary/aromatic N) is 1. The first-order chi connectivity index (χ1) is 12.5. The lowest BCUT2D eigenvalue weighted by Gasteiger charge is -2.31. The Balaban J connectivity index is 1.92. The van der Waals surface area contributed by atoms with Crippen LogP contribution in [0.3, 0.4) is 0 Å². The van der Waals surface area contributed by atoms with Gasteiger partial charge in [0.2, 0.25) is 10.0 Å². The van der Waals surface area contributed by atoms with E-state index in [2.05, 4.69) is 10.6 Å². The lowest BCUT2D eigenvalue weighted by molar-refractivity contribution is -0.138. The van der Waals surface area contributed by atoms with Crippen molar-refractivity contribution in [1.82, 2.24) is 14.9 Å². The summed E-state index contributed by atoms with van der Waals surface area (Å²) in [7, 11) is -3.25. The van der Waals surface area contributed by atoms with Crippen molar-refractivity contribution in [3.63, 3.8) is 0 Å². The van der Waals surface area contributed by atoms with Crippen LogP contribution in [-0.2, 0) is 16.2 Å². The average molecular weight is 407 g/mol. The summed E-state index contributed by atoms with van der Waals surface area (Å²) < 4.78 is 64.4. The minimum Gasteiger partial charge on any atom is -0.335 e. The van der Waals surface area contributed by atoms with Crippen LogP contribution in [0.15, 0.2) is 24.3 Å². The van der Waals surface area contributed by atoms with Gasteiger partial charge in [-0.1, -0.05) is 18.2 Å². The highest BCUT2D eigenvalue weighted by Gasteiger charge is 2.34. The van der Waals surface area contributed by atoms with E-state index in [4.69, 9.17) is 0 Å². The summed E-state index contributed by atoms with van der Waals surface area (Å²) in [4.78, 5) is 12.2. The van der Waals surface area contributed by atoms with Crippen molar-refractivity contribution in [3.8, 4) is 0 Å². The van der Waals surface area contributed by atoms with E-state index in [0.29, 0.717) is 25.9 Å². The van der Waals surface area contributed by atoms with Crippen LogP contribution >= 0.6 is 0 Å². The molecule has 152 valence electrons. The Kier molecular flexibility index (Phi) is 6.74. The van der Waals surface area contributed by atoms with Crippen LogP contribution in [0.4, 0.5) is 18.0 Å². The minimum atomic E-state index is -4.50. The maximum absolute atomic E-state index is 13.1. The zero-order valence-corrected chi connectivity index (χ0v) is 16.0. The van der Waals surface area contributed by atoms with E-state index in [1.165, 1.54) is 29.4 Å². The topological polar surface area (TPSA) is 78.5 Å². The third kappa shape index (κ3) is 5.58. The maximum Gasteiger partial charge on any atom is 0.416 e. The van der Waals surface area contributed by atoms with E-state index in [-0.39, 0.29) is 17.4 Å². The third-order valence-electron chi connectivity index (χ3n) is 4.63. The Labute approximate surface area is 157 Å². The van der Waals surface area contributed by atoms with Gasteiger partial charge >= 0.3 is 12.2 Å². The van der Waals surface area contributed by atoms with Crippen LogP contribution in [0.2, 0.25) is 0 Å². The first-order valence-corrected chi connectivity index (χ1v) is 10.4. The molecule has 1 aromatic rings. The van der Waals surface area contributed by atoms with Crippen LogP contribution in [0.5, 0.6) is 0 Å². The van der Waals surface area contributed by atoms with Crippen molar-refractivity contribution in [2.45, 2.75) is 44.9 Å². The molecule has 0 spiro atoms. The van der Waals surface area contributed by atoms with Crippen molar-refractivity contribution in [1.29, 1.82) is 0 Å². The number of halogens is 3. The normalized spacial score (nSPS) is 18.1. The fourth-order valence-corrected chi connectivity index (χ4v) is 4.23. The second-order valence-corrected chi connectivity index (χ2v) is 8.76. The minimum absolute atomic E-state index is 0.0102. The number of amides is 2. The van der Waals surface area contributed by atoms with Crippen molar-refractivity contribution in [2.75, 3.05) is 18.8 Å². The van der Waals surface area contributed by atoms with E-state index in [1.54, 1.807) is 6.92 Å². The van der Waals surface area contributed by atoms with Gasteiger partial charge in [0, 0.05) is 19.1 Å². The SMILES string of the molecule is CCS(=O)(=O)N1CCC(NC(=O)NC(C)c2ccccc2C(F)(F)F)CC1. The predicted molar refractivity (Wildman–Crippen MR) is 95.6 cm³/mol. The van der Waals surface area contributed by atoms with Gasteiger partial charge in [0.25, 0.3) is 0 Å². The van der Waals surface area contributed by atoms with E-state index in [9.17, 15) is 26.4 Å². The van der Waals surface area contributed by atoms with Crippen LogP contribution in [0.25, 0.3) is 0 Å². The monoisotopic (exact) mass is 407 g/mol. The number of benzene rings is 1. The van der Waals surface area contributed by atoms with E-state index in [1.807, 2.05) is 0 Å². The quantitative estimate of drug-likeness (QED) is 0.788. The van der Waals surface area contributed by atoms with Gasteiger partial charge < -0.3 is 10.6 Å². The fourth-order valence-electron chi connectivity index (χ4n) is 3.10. The molecule has 0 aromatic heterocycles. The second kappa shape index (κ2) is 8.47. The van der Waals surface area contributed by atoms with Gasteiger partial charge in [-0.2, -0.15) is 13.2 Å². The van der Waals surface area contributed by atoms with E-state index >= 15 is 0 Å². The lowest BCUT2D eigenvalue weighted by Crippen LogP contribution is -2.49. The number of carbonyl (C=O) groups excluding carboxylic acids is 1. The highest BCUT2D eigenvalue weighted by molar-refractivity contribution is 7.89. The molecule has 1 fully saturated rings. The second-order valence-electron chi connectivity index (χ2n) is 6.50. The number of nitrogens with one attached hydrogen (secondary N) is 2. The summed E-state index contributed by atoms with van der Waals surface area (Å²) in [5, 5.41) is 5.24. The van der Waals surface area contributed by atoms with Gasteiger partial charge in [-0.25, -0.2) is 17.5 Å². The maximum atomic E-state index is 13.1. The summed E-state index contributed by atoms with van der Waals surface area (Å²) in [6.45, 7) is 3.69. The molecule has 10 heteroatoms. The van der Waals surface area contributed by atoms with E-state index < -0.39 is 33.8 Å². The molecule has 2 N–H and O–H groups in total. The Bertz CT molecular complexity index is 760. The zero-order valence-electron chi connectivity index (χ0n) is 15.2. The van der Waals surface area contributed by atoms with Crippen LogP contribution < -0.4 is 10.6 Å². The van der Waals surface area contributed by atoms with Gasteiger partial charge in [0.1, 0.15) is 0 Å². The highest BCUT2D eigenvalue weighted by atomic mass is 32.2.